The molecule has 0 amide bonds. The highest BCUT2D eigenvalue weighted by Crippen LogP contribution is 2.29. The second-order valence-corrected chi connectivity index (χ2v) is 5.42. The molecule has 3 nitrogen and oxygen atoms in total. The van der Waals surface area contributed by atoms with Crippen LogP contribution in [0.2, 0.25) is 0 Å². The van der Waals surface area contributed by atoms with Crippen molar-refractivity contribution in [3.05, 3.63) is 29.3 Å². The van der Waals surface area contributed by atoms with E-state index in [2.05, 4.69) is 35.3 Å². The van der Waals surface area contributed by atoms with Crippen molar-refractivity contribution >= 4 is 0 Å². The van der Waals surface area contributed by atoms with E-state index in [1.54, 1.807) is 0 Å². The van der Waals surface area contributed by atoms with Crippen LogP contribution < -0.4 is 10.1 Å². The highest BCUT2D eigenvalue weighted by Gasteiger charge is 2.19. The summed E-state index contributed by atoms with van der Waals surface area (Å²) in [6.07, 6.45) is 2.57. The molecule has 98 valence electrons. The monoisotopic (exact) mass is 246 g/mol. The van der Waals surface area contributed by atoms with Gasteiger partial charge in [0.1, 0.15) is 11.9 Å². The highest BCUT2D eigenvalue weighted by atomic mass is 16.5. The molecule has 0 spiro atoms. The first-order valence-corrected chi connectivity index (χ1v) is 7.03. The summed E-state index contributed by atoms with van der Waals surface area (Å²) in [7, 11) is 0. The maximum absolute atomic E-state index is 5.74. The molecule has 1 saturated heterocycles. The molecule has 2 aliphatic heterocycles. The molecule has 1 aromatic carbocycles. The van der Waals surface area contributed by atoms with Crippen LogP contribution in [0.25, 0.3) is 0 Å². The van der Waals surface area contributed by atoms with Gasteiger partial charge in [-0.2, -0.15) is 0 Å². The van der Waals surface area contributed by atoms with Gasteiger partial charge >= 0.3 is 0 Å². The van der Waals surface area contributed by atoms with E-state index in [1.807, 2.05) is 0 Å². The maximum Gasteiger partial charge on any atom is 0.123 e. The number of hydrogen-bond donors (Lipinski definition) is 1. The van der Waals surface area contributed by atoms with Crippen molar-refractivity contribution in [2.75, 3.05) is 32.7 Å². The molecule has 3 rings (SSSR count). The number of nitrogens with zero attached hydrogens (tertiary/aromatic N) is 1. The van der Waals surface area contributed by atoms with E-state index in [0.29, 0.717) is 6.10 Å². The van der Waals surface area contributed by atoms with Crippen LogP contribution >= 0.6 is 0 Å². The summed E-state index contributed by atoms with van der Waals surface area (Å²) in [6.45, 7) is 7.96. The van der Waals surface area contributed by atoms with Gasteiger partial charge in [-0.15, -0.1) is 0 Å². The number of piperazine rings is 1. The molecule has 0 aromatic heterocycles. The lowest BCUT2D eigenvalue weighted by Gasteiger charge is -2.27. The summed E-state index contributed by atoms with van der Waals surface area (Å²) >= 11 is 0. The fourth-order valence-corrected chi connectivity index (χ4v) is 2.85. The van der Waals surface area contributed by atoms with E-state index in [-0.39, 0.29) is 0 Å². The van der Waals surface area contributed by atoms with Crippen molar-refractivity contribution in [3.63, 3.8) is 0 Å². The van der Waals surface area contributed by atoms with Gasteiger partial charge in [0.25, 0.3) is 0 Å². The minimum Gasteiger partial charge on any atom is -0.490 e. The van der Waals surface area contributed by atoms with Crippen LogP contribution in [0, 0.1) is 0 Å². The molecule has 3 heteroatoms. The fourth-order valence-electron chi connectivity index (χ4n) is 2.85. The summed E-state index contributed by atoms with van der Waals surface area (Å²) in [4.78, 5) is 2.54. The van der Waals surface area contributed by atoms with Crippen LogP contribution in [0.5, 0.6) is 5.75 Å². The molecule has 18 heavy (non-hydrogen) atoms. The first kappa shape index (κ1) is 12.0. The molecular formula is C15H22N2O. The topological polar surface area (TPSA) is 24.5 Å². The van der Waals surface area contributed by atoms with Crippen LogP contribution in [-0.4, -0.2) is 43.7 Å². The van der Waals surface area contributed by atoms with Crippen molar-refractivity contribution in [2.45, 2.75) is 25.9 Å². The second-order valence-electron chi connectivity index (χ2n) is 5.42. The summed E-state index contributed by atoms with van der Waals surface area (Å²) in [5, 5.41) is 3.39. The van der Waals surface area contributed by atoms with Crippen LogP contribution in [0.15, 0.2) is 18.2 Å². The zero-order chi connectivity index (χ0) is 12.4. The predicted molar refractivity (Wildman–Crippen MR) is 73.2 cm³/mol. The Bertz CT molecular complexity index is 413. The Morgan fingerprint density at radius 3 is 3.00 bits per heavy atom. The second kappa shape index (κ2) is 5.29. The first-order valence-electron chi connectivity index (χ1n) is 7.03. The van der Waals surface area contributed by atoms with E-state index >= 15 is 0 Å². The van der Waals surface area contributed by atoms with Crippen molar-refractivity contribution in [1.82, 2.24) is 10.2 Å². The molecule has 2 heterocycles. The van der Waals surface area contributed by atoms with Gasteiger partial charge in [-0.25, -0.2) is 0 Å². The predicted octanol–water partition coefficient (Wildman–Crippen LogP) is 1.46. The summed E-state index contributed by atoms with van der Waals surface area (Å²) in [5.74, 6) is 1.09. The largest absolute Gasteiger partial charge is 0.490 e. The van der Waals surface area contributed by atoms with Crippen LogP contribution in [-0.2, 0) is 12.8 Å². The number of rotatable bonds is 3. The molecule has 1 fully saturated rings. The molecular weight excluding hydrogens is 224 g/mol. The summed E-state index contributed by atoms with van der Waals surface area (Å²) in [6, 6.07) is 6.70. The van der Waals surface area contributed by atoms with E-state index < -0.39 is 0 Å². The standard InChI is InChI=1S/C15H22N2O/c1-12-10-14-11-13(2-3-15(14)18-12)4-7-17-8-5-16-6-9-17/h2-3,11-12,16H,4-10H2,1H3. The minimum absolute atomic E-state index is 0.350. The van der Waals surface area contributed by atoms with E-state index in [1.165, 1.54) is 30.8 Å². The lowest BCUT2D eigenvalue weighted by molar-refractivity contribution is 0.244. The average Bonchev–Trinajstić information content (AvgIpc) is 2.77. The molecule has 1 atom stereocenters. The third-order valence-corrected chi connectivity index (χ3v) is 3.89. The Morgan fingerprint density at radius 2 is 2.17 bits per heavy atom. The van der Waals surface area contributed by atoms with Crippen molar-refractivity contribution < 1.29 is 4.74 Å². The Labute approximate surface area is 109 Å². The van der Waals surface area contributed by atoms with Gasteiger partial charge in [0, 0.05) is 39.1 Å². The van der Waals surface area contributed by atoms with E-state index in [0.717, 1.165) is 31.7 Å². The average molecular weight is 246 g/mol. The normalized spacial score (nSPS) is 23.7. The quantitative estimate of drug-likeness (QED) is 0.874. The molecule has 1 N–H and O–H groups in total. The zero-order valence-electron chi connectivity index (χ0n) is 11.1. The number of benzene rings is 1. The van der Waals surface area contributed by atoms with E-state index in [4.69, 9.17) is 4.74 Å². The SMILES string of the molecule is CC1Cc2cc(CCN3CCNCC3)ccc2O1. The van der Waals surface area contributed by atoms with Crippen molar-refractivity contribution in [3.8, 4) is 5.75 Å². The Hall–Kier alpha value is -1.06. The summed E-state index contributed by atoms with van der Waals surface area (Å²) < 4.78 is 5.74. The molecule has 0 radical (unpaired) electrons. The van der Waals surface area contributed by atoms with Crippen LogP contribution in [0.4, 0.5) is 0 Å². The highest BCUT2D eigenvalue weighted by molar-refractivity contribution is 5.40. The van der Waals surface area contributed by atoms with Crippen molar-refractivity contribution in [2.24, 2.45) is 0 Å². The van der Waals surface area contributed by atoms with Gasteiger partial charge in [-0.3, -0.25) is 0 Å². The molecule has 2 aliphatic rings. The van der Waals surface area contributed by atoms with Gasteiger partial charge < -0.3 is 15.0 Å². The number of nitrogens with one attached hydrogen (secondary N) is 1. The molecule has 0 aliphatic carbocycles. The Morgan fingerprint density at radius 1 is 1.33 bits per heavy atom. The number of fused-ring (bicyclic) bond motifs is 1. The minimum atomic E-state index is 0.350. The maximum atomic E-state index is 5.74. The lowest BCUT2D eigenvalue weighted by atomic mass is 10.0. The molecule has 0 bridgehead atoms. The third kappa shape index (κ3) is 2.68. The van der Waals surface area contributed by atoms with Gasteiger partial charge in [-0.1, -0.05) is 12.1 Å². The Kier molecular flexibility index (Phi) is 3.52. The van der Waals surface area contributed by atoms with Crippen molar-refractivity contribution in [1.29, 1.82) is 0 Å². The number of hydrogen-bond acceptors (Lipinski definition) is 3. The Balaban J connectivity index is 1.58. The fraction of sp³-hybridized carbons (Fsp3) is 0.600. The van der Waals surface area contributed by atoms with E-state index in [9.17, 15) is 0 Å². The van der Waals surface area contributed by atoms with Gasteiger partial charge in [-0.05, 0) is 30.5 Å². The van der Waals surface area contributed by atoms with Crippen LogP contribution in [0.3, 0.4) is 0 Å². The molecule has 1 unspecified atom stereocenters. The van der Waals surface area contributed by atoms with Crippen LogP contribution in [0.1, 0.15) is 18.1 Å². The summed E-state index contributed by atoms with van der Waals surface area (Å²) in [5.41, 5.74) is 2.84. The smallest absolute Gasteiger partial charge is 0.123 e. The molecule has 0 saturated carbocycles. The van der Waals surface area contributed by atoms with Gasteiger partial charge in [0.2, 0.25) is 0 Å². The third-order valence-electron chi connectivity index (χ3n) is 3.89. The number of ether oxygens (including phenoxy) is 1. The van der Waals surface area contributed by atoms with Gasteiger partial charge in [0.15, 0.2) is 0 Å². The zero-order valence-corrected chi connectivity index (χ0v) is 11.1. The first-order chi connectivity index (χ1) is 8.81. The lowest BCUT2D eigenvalue weighted by Crippen LogP contribution is -2.44. The van der Waals surface area contributed by atoms with Gasteiger partial charge in [0.05, 0.1) is 0 Å². The molecule has 1 aromatic rings.